The SMILES string of the molecule is COC(=O)COc1ccc2c(c1)OC(=CC=Cc1ccccc1OC)C2=O. The summed E-state index contributed by atoms with van der Waals surface area (Å²) in [6.45, 7) is -0.215. The highest BCUT2D eigenvalue weighted by Crippen LogP contribution is 2.34. The largest absolute Gasteiger partial charge is 0.496 e. The lowest BCUT2D eigenvalue weighted by Gasteiger charge is -2.05. The van der Waals surface area contributed by atoms with Gasteiger partial charge in [-0.3, -0.25) is 4.79 Å². The maximum absolute atomic E-state index is 12.4. The minimum Gasteiger partial charge on any atom is -0.496 e. The van der Waals surface area contributed by atoms with Crippen LogP contribution >= 0.6 is 0 Å². The number of rotatable bonds is 6. The predicted octanol–water partition coefficient (Wildman–Crippen LogP) is 3.42. The van der Waals surface area contributed by atoms with Crippen LogP contribution in [0.25, 0.3) is 6.08 Å². The van der Waals surface area contributed by atoms with E-state index in [1.54, 1.807) is 37.5 Å². The van der Waals surface area contributed by atoms with Crippen LogP contribution in [0, 0.1) is 0 Å². The lowest BCUT2D eigenvalue weighted by atomic mass is 10.1. The fourth-order valence-electron chi connectivity index (χ4n) is 2.52. The van der Waals surface area contributed by atoms with Crippen molar-refractivity contribution >= 4 is 17.8 Å². The summed E-state index contributed by atoms with van der Waals surface area (Å²) in [7, 11) is 2.89. The molecule has 0 atom stereocenters. The molecule has 2 aromatic rings. The Hall–Kier alpha value is -3.54. The third-order valence-corrected chi connectivity index (χ3v) is 3.89. The zero-order valence-electron chi connectivity index (χ0n) is 14.9. The number of fused-ring (bicyclic) bond motifs is 1. The minimum atomic E-state index is -0.491. The topological polar surface area (TPSA) is 71.1 Å². The molecular formula is C21H18O6. The van der Waals surface area contributed by atoms with E-state index < -0.39 is 5.97 Å². The van der Waals surface area contributed by atoms with E-state index in [4.69, 9.17) is 14.2 Å². The van der Waals surface area contributed by atoms with Crippen molar-refractivity contribution in [2.24, 2.45) is 0 Å². The molecule has 0 spiro atoms. The predicted molar refractivity (Wildman–Crippen MR) is 99.0 cm³/mol. The maximum Gasteiger partial charge on any atom is 0.343 e. The molecule has 6 nitrogen and oxygen atoms in total. The second-order valence-electron chi connectivity index (χ2n) is 5.59. The first-order valence-electron chi connectivity index (χ1n) is 8.20. The van der Waals surface area contributed by atoms with Crippen LogP contribution in [0.1, 0.15) is 15.9 Å². The number of carbonyl (C=O) groups excluding carboxylic acids is 2. The van der Waals surface area contributed by atoms with Crippen molar-refractivity contribution in [2.45, 2.75) is 0 Å². The van der Waals surface area contributed by atoms with Crippen molar-refractivity contribution in [1.82, 2.24) is 0 Å². The van der Waals surface area contributed by atoms with Gasteiger partial charge in [-0.25, -0.2) is 4.79 Å². The molecule has 0 N–H and O–H groups in total. The summed E-state index contributed by atoms with van der Waals surface area (Å²) in [6.07, 6.45) is 5.16. The second-order valence-corrected chi connectivity index (χ2v) is 5.59. The third-order valence-electron chi connectivity index (χ3n) is 3.89. The zero-order valence-corrected chi connectivity index (χ0v) is 14.9. The van der Waals surface area contributed by atoms with Crippen molar-refractivity contribution < 1.29 is 28.5 Å². The fourth-order valence-corrected chi connectivity index (χ4v) is 2.52. The number of esters is 1. The molecule has 0 bridgehead atoms. The van der Waals surface area contributed by atoms with Crippen molar-refractivity contribution in [1.29, 1.82) is 0 Å². The smallest absolute Gasteiger partial charge is 0.343 e. The average molecular weight is 366 g/mol. The highest BCUT2D eigenvalue weighted by molar-refractivity contribution is 6.12. The van der Waals surface area contributed by atoms with Gasteiger partial charge in [0.25, 0.3) is 0 Å². The molecule has 6 heteroatoms. The Morgan fingerprint density at radius 1 is 1.15 bits per heavy atom. The summed E-state index contributed by atoms with van der Waals surface area (Å²) in [5.74, 6) is 1.04. The normalized spacial score (nSPS) is 14.1. The van der Waals surface area contributed by atoms with Gasteiger partial charge in [-0.15, -0.1) is 0 Å². The van der Waals surface area contributed by atoms with Crippen LogP contribution in [0.5, 0.6) is 17.2 Å². The fraction of sp³-hybridized carbons (Fsp3) is 0.143. The summed E-state index contributed by atoms with van der Waals surface area (Å²) in [4.78, 5) is 23.6. The Labute approximate surface area is 156 Å². The van der Waals surface area contributed by atoms with Gasteiger partial charge in [0, 0.05) is 11.6 Å². The standard InChI is InChI=1S/C21H18O6/c1-24-17-8-4-3-6-14(17)7-5-9-18-21(23)16-11-10-15(12-19(16)27-18)26-13-20(22)25-2/h3-12H,13H2,1-2H3. The first kappa shape index (κ1) is 18.3. The monoisotopic (exact) mass is 366 g/mol. The molecule has 0 aliphatic carbocycles. The second kappa shape index (κ2) is 8.23. The van der Waals surface area contributed by atoms with Crippen LogP contribution in [0.15, 0.2) is 60.4 Å². The molecule has 0 fully saturated rings. The van der Waals surface area contributed by atoms with Crippen LogP contribution in [-0.4, -0.2) is 32.6 Å². The molecule has 0 amide bonds. The van der Waals surface area contributed by atoms with Gasteiger partial charge in [0.2, 0.25) is 5.78 Å². The van der Waals surface area contributed by atoms with Crippen molar-refractivity contribution in [3.8, 4) is 17.2 Å². The van der Waals surface area contributed by atoms with Crippen LogP contribution in [0.4, 0.5) is 0 Å². The van der Waals surface area contributed by atoms with Crippen LogP contribution < -0.4 is 14.2 Å². The average Bonchev–Trinajstić information content (AvgIpc) is 3.01. The molecule has 1 aliphatic rings. The summed E-state index contributed by atoms with van der Waals surface area (Å²) in [5, 5.41) is 0. The number of carbonyl (C=O) groups is 2. The lowest BCUT2D eigenvalue weighted by Crippen LogP contribution is -2.12. The number of hydrogen-bond donors (Lipinski definition) is 0. The van der Waals surface area contributed by atoms with Gasteiger partial charge in [0.1, 0.15) is 17.2 Å². The van der Waals surface area contributed by atoms with E-state index in [1.165, 1.54) is 7.11 Å². The highest BCUT2D eigenvalue weighted by atomic mass is 16.6. The van der Waals surface area contributed by atoms with Gasteiger partial charge in [0.15, 0.2) is 12.4 Å². The Kier molecular flexibility index (Phi) is 5.56. The number of hydrogen-bond acceptors (Lipinski definition) is 6. The number of allylic oxidation sites excluding steroid dienone is 3. The molecule has 3 rings (SSSR count). The van der Waals surface area contributed by atoms with E-state index in [0.717, 1.165) is 11.3 Å². The Bertz CT molecular complexity index is 926. The van der Waals surface area contributed by atoms with Crippen LogP contribution in [0.2, 0.25) is 0 Å². The van der Waals surface area contributed by atoms with Crippen LogP contribution in [0.3, 0.4) is 0 Å². The van der Waals surface area contributed by atoms with Crippen molar-refractivity contribution in [3.05, 3.63) is 71.5 Å². The molecule has 0 radical (unpaired) electrons. The van der Waals surface area contributed by atoms with E-state index >= 15 is 0 Å². The third kappa shape index (κ3) is 4.17. The number of ketones is 1. The quantitative estimate of drug-likeness (QED) is 0.576. The molecule has 138 valence electrons. The molecule has 27 heavy (non-hydrogen) atoms. The number of para-hydroxylation sites is 1. The minimum absolute atomic E-state index is 0.210. The van der Waals surface area contributed by atoms with E-state index in [2.05, 4.69) is 4.74 Å². The van der Waals surface area contributed by atoms with Crippen molar-refractivity contribution in [2.75, 3.05) is 20.8 Å². The van der Waals surface area contributed by atoms with Crippen LogP contribution in [-0.2, 0) is 9.53 Å². The number of benzene rings is 2. The number of Topliss-reactive ketones (excluding diaryl/α,β-unsaturated/α-hetero) is 1. The zero-order chi connectivity index (χ0) is 19.2. The number of methoxy groups -OCH3 is 2. The summed E-state index contributed by atoms with van der Waals surface area (Å²) in [6, 6.07) is 12.3. The van der Waals surface area contributed by atoms with Gasteiger partial charge in [-0.1, -0.05) is 30.4 Å². The first-order chi connectivity index (χ1) is 13.1. The Morgan fingerprint density at radius 3 is 2.74 bits per heavy atom. The molecule has 1 heterocycles. The Morgan fingerprint density at radius 2 is 1.96 bits per heavy atom. The summed E-state index contributed by atoms with van der Waals surface area (Å²) < 4.78 is 20.7. The van der Waals surface area contributed by atoms with Gasteiger partial charge in [-0.05, 0) is 24.3 Å². The van der Waals surface area contributed by atoms with Gasteiger partial charge < -0.3 is 18.9 Å². The van der Waals surface area contributed by atoms with E-state index in [9.17, 15) is 9.59 Å². The van der Waals surface area contributed by atoms with E-state index in [-0.39, 0.29) is 18.1 Å². The highest BCUT2D eigenvalue weighted by Gasteiger charge is 2.27. The molecule has 2 aromatic carbocycles. The summed E-state index contributed by atoms with van der Waals surface area (Å²) >= 11 is 0. The van der Waals surface area contributed by atoms with Crippen molar-refractivity contribution in [3.63, 3.8) is 0 Å². The van der Waals surface area contributed by atoms with E-state index in [1.807, 2.05) is 30.3 Å². The van der Waals surface area contributed by atoms with Gasteiger partial charge >= 0.3 is 5.97 Å². The lowest BCUT2D eigenvalue weighted by molar-refractivity contribution is -0.142. The maximum atomic E-state index is 12.4. The van der Waals surface area contributed by atoms with Gasteiger partial charge in [-0.2, -0.15) is 0 Å². The Balaban J connectivity index is 1.73. The molecule has 0 saturated heterocycles. The molecule has 0 saturated carbocycles. The first-order valence-corrected chi connectivity index (χ1v) is 8.20. The molecule has 1 aliphatic heterocycles. The van der Waals surface area contributed by atoms with Gasteiger partial charge in [0.05, 0.1) is 19.8 Å². The number of ether oxygens (including phenoxy) is 4. The summed E-state index contributed by atoms with van der Waals surface area (Å²) in [5.41, 5.74) is 1.33. The molecule has 0 aromatic heterocycles. The molecule has 0 unspecified atom stereocenters. The van der Waals surface area contributed by atoms with E-state index in [0.29, 0.717) is 17.1 Å². The molecular weight excluding hydrogens is 348 g/mol.